The molecule has 0 fully saturated rings. The predicted octanol–water partition coefficient (Wildman–Crippen LogP) is 3.91. The fourth-order valence-electron chi connectivity index (χ4n) is 3.05. The van der Waals surface area contributed by atoms with Gasteiger partial charge in [0, 0.05) is 18.5 Å². The molecule has 2 heterocycles. The maximum Gasteiger partial charge on any atom is 0.305 e. The van der Waals surface area contributed by atoms with Crippen molar-refractivity contribution in [2.45, 2.75) is 49.4 Å². The van der Waals surface area contributed by atoms with E-state index in [-0.39, 0.29) is 21.8 Å². The van der Waals surface area contributed by atoms with Crippen molar-refractivity contribution in [1.29, 1.82) is 0 Å². The first kappa shape index (κ1) is 21.9. The highest BCUT2D eigenvalue weighted by atomic mass is 79.9. The van der Waals surface area contributed by atoms with Crippen LogP contribution in [0.25, 0.3) is 0 Å². The summed E-state index contributed by atoms with van der Waals surface area (Å²) in [6.07, 6.45) is 3.78. The Balaban J connectivity index is 2.25. The zero-order chi connectivity index (χ0) is 20.1. The van der Waals surface area contributed by atoms with Crippen molar-refractivity contribution < 1.29 is 19.1 Å². The fourth-order valence-corrected chi connectivity index (χ4v) is 4.07. The first-order valence-electron chi connectivity index (χ1n) is 8.66. The van der Waals surface area contributed by atoms with Crippen LogP contribution in [0.15, 0.2) is 39.1 Å². The van der Waals surface area contributed by atoms with Gasteiger partial charge >= 0.3 is 11.9 Å². The molecule has 0 aromatic heterocycles. The van der Waals surface area contributed by atoms with E-state index in [0.29, 0.717) is 25.7 Å². The maximum absolute atomic E-state index is 11.5. The Bertz CT molecular complexity index is 753. The van der Waals surface area contributed by atoms with Gasteiger partial charge in [0.1, 0.15) is 9.90 Å². The van der Waals surface area contributed by atoms with Crippen LogP contribution in [0.4, 0.5) is 0 Å². The molecule has 0 radical (unpaired) electrons. The number of nitrogens with zero attached hydrogens (tertiary/aromatic N) is 1. The van der Waals surface area contributed by atoms with Crippen LogP contribution < -0.4 is 5.32 Å². The van der Waals surface area contributed by atoms with Gasteiger partial charge in [0.05, 0.1) is 19.9 Å². The number of aliphatic imine (C=N–C) groups is 1. The van der Waals surface area contributed by atoms with Crippen molar-refractivity contribution in [2.75, 3.05) is 14.2 Å². The Morgan fingerprint density at radius 2 is 1.59 bits per heavy atom. The molecule has 0 spiro atoms. The Hall–Kier alpha value is -1.41. The Labute approximate surface area is 176 Å². The number of carbonyl (C=O) groups is 2. The lowest BCUT2D eigenvalue weighted by Crippen LogP contribution is -2.17. The molecule has 0 aliphatic carbocycles. The largest absolute Gasteiger partial charge is 0.469 e. The van der Waals surface area contributed by atoms with E-state index in [1.54, 1.807) is 0 Å². The van der Waals surface area contributed by atoms with E-state index in [1.165, 1.54) is 14.2 Å². The van der Waals surface area contributed by atoms with Crippen LogP contribution in [-0.4, -0.2) is 41.8 Å². The van der Waals surface area contributed by atoms with Crippen LogP contribution in [0.3, 0.4) is 0 Å². The molecule has 0 saturated heterocycles. The van der Waals surface area contributed by atoms with Gasteiger partial charge in [0.25, 0.3) is 0 Å². The quantitative estimate of drug-likeness (QED) is 0.324. The van der Waals surface area contributed by atoms with Gasteiger partial charge in [-0.05, 0) is 55.1 Å². The first-order valence-corrected chi connectivity index (χ1v) is 10.5. The van der Waals surface area contributed by atoms with Crippen molar-refractivity contribution in [3.05, 3.63) is 34.1 Å². The highest BCUT2D eigenvalue weighted by Crippen LogP contribution is 2.34. The zero-order valence-electron chi connectivity index (χ0n) is 15.9. The number of halogens is 2. The Kier molecular flexibility index (Phi) is 7.85. The molecule has 1 N–H and O–H groups in total. The van der Waals surface area contributed by atoms with E-state index >= 15 is 0 Å². The third-order valence-electron chi connectivity index (χ3n) is 4.75. The van der Waals surface area contributed by atoms with Crippen molar-refractivity contribution >= 4 is 49.5 Å². The minimum Gasteiger partial charge on any atom is -0.469 e. The van der Waals surface area contributed by atoms with Gasteiger partial charge in [-0.15, -0.1) is 0 Å². The number of nitrogens with one attached hydrogen (secondary N) is 1. The first-order chi connectivity index (χ1) is 12.8. The monoisotopic (exact) mass is 502 g/mol. The second kappa shape index (κ2) is 9.68. The second-order valence-corrected chi connectivity index (χ2v) is 8.17. The molecule has 0 saturated carbocycles. The highest BCUT2D eigenvalue weighted by Gasteiger charge is 2.27. The molecule has 2 unspecified atom stereocenters. The van der Waals surface area contributed by atoms with Crippen LogP contribution in [0, 0.1) is 0 Å². The van der Waals surface area contributed by atoms with E-state index in [9.17, 15) is 9.59 Å². The highest BCUT2D eigenvalue weighted by molar-refractivity contribution is 9.09. The average molecular weight is 504 g/mol. The lowest BCUT2D eigenvalue weighted by Gasteiger charge is -2.10. The van der Waals surface area contributed by atoms with E-state index in [4.69, 9.17) is 9.47 Å². The molecule has 27 heavy (non-hydrogen) atoms. The van der Waals surface area contributed by atoms with Crippen LogP contribution in [0.2, 0.25) is 0 Å². The van der Waals surface area contributed by atoms with Crippen molar-refractivity contribution in [3.63, 3.8) is 0 Å². The zero-order valence-corrected chi connectivity index (χ0v) is 19.1. The number of hydrogen-bond donors (Lipinski definition) is 1. The Morgan fingerprint density at radius 1 is 1.04 bits per heavy atom. The number of esters is 2. The summed E-state index contributed by atoms with van der Waals surface area (Å²) in [7, 11) is 2.79. The number of carbonyl (C=O) groups excluding carboxylic acids is 2. The summed E-state index contributed by atoms with van der Waals surface area (Å²) in [5, 5.41) is 3.39. The summed E-state index contributed by atoms with van der Waals surface area (Å²) in [5.41, 5.74) is 6.12. The molecule has 148 valence electrons. The third kappa shape index (κ3) is 5.31. The molecule has 0 aromatic rings. The minimum atomic E-state index is -0.241. The van der Waals surface area contributed by atoms with Crippen LogP contribution in [0.5, 0.6) is 0 Å². The average Bonchev–Trinajstić information content (AvgIpc) is 3.06. The molecule has 2 aliphatic heterocycles. The smallest absolute Gasteiger partial charge is 0.305 e. The van der Waals surface area contributed by atoms with Gasteiger partial charge in [-0.25, -0.2) is 0 Å². The Morgan fingerprint density at radius 3 is 2.15 bits per heavy atom. The third-order valence-corrected chi connectivity index (χ3v) is 6.56. The number of hydrogen-bond acceptors (Lipinski definition) is 6. The molecule has 2 aliphatic rings. The lowest BCUT2D eigenvalue weighted by molar-refractivity contribution is -0.141. The van der Waals surface area contributed by atoms with Crippen molar-refractivity contribution in [2.24, 2.45) is 4.99 Å². The van der Waals surface area contributed by atoms with Gasteiger partial charge in [-0.2, -0.15) is 0 Å². The summed E-state index contributed by atoms with van der Waals surface area (Å²) in [5.74, 6) is -0.477. The summed E-state index contributed by atoms with van der Waals surface area (Å²) < 4.78 is 9.51. The van der Waals surface area contributed by atoms with E-state index in [1.807, 2.05) is 19.9 Å². The number of alkyl halides is 2. The molecule has 2 atom stereocenters. The molecule has 2 rings (SSSR count). The second-order valence-electron chi connectivity index (χ2n) is 6.39. The number of methoxy groups -OCH3 is 2. The van der Waals surface area contributed by atoms with E-state index in [2.05, 4.69) is 42.2 Å². The van der Waals surface area contributed by atoms with Gasteiger partial charge in [0.2, 0.25) is 0 Å². The van der Waals surface area contributed by atoms with Gasteiger partial charge < -0.3 is 14.8 Å². The van der Waals surface area contributed by atoms with Crippen molar-refractivity contribution in [3.8, 4) is 0 Å². The molecule has 6 nitrogen and oxygen atoms in total. The molecule has 0 aromatic carbocycles. The number of ether oxygens (including phenoxy) is 2. The standard InChI is InChI=1S/C19H24Br2N2O4/c1-10-12(5-7-16(24)26-3)14(22-18(10)20)9-15-13(6-8-17(25)27-4)11(2)19(21)23-15/h9,18-19,22H,5-8H2,1-4H3/b14-9-. The summed E-state index contributed by atoms with van der Waals surface area (Å²) in [4.78, 5) is 27.7. The van der Waals surface area contributed by atoms with Crippen LogP contribution in [-0.2, 0) is 19.1 Å². The van der Waals surface area contributed by atoms with Gasteiger partial charge in [0.15, 0.2) is 0 Å². The topological polar surface area (TPSA) is 77.0 Å². The summed E-state index contributed by atoms with van der Waals surface area (Å²) in [6.45, 7) is 4.04. The number of allylic oxidation sites excluding steroid dienone is 3. The summed E-state index contributed by atoms with van der Waals surface area (Å²) in [6, 6.07) is 0. The number of rotatable bonds is 7. The lowest BCUT2D eigenvalue weighted by atomic mass is 9.98. The van der Waals surface area contributed by atoms with Crippen molar-refractivity contribution in [1.82, 2.24) is 5.32 Å². The SMILES string of the molecule is COC(=O)CCC1=C(C)C(Br)N=C1/C=C1\NC(Br)C(C)=C1CCC(=O)OC. The maximum atomic E-state index is 11.5. The van der Waals surface area contributed by atoms with Crippen LogP contribution in [0.1, 0.15) is 39.5 Å². The molecular weight excluding hydrogens is 480 g/mol. The van der Waals surface area contributed by atoms with Gasteiger partial charge in [-0.1, -0.05) is 31.9 Å². The fraction of sp³-hybridized carbons (Fsp3) is 0.526. The summed E-state index contributed by atoms with van der Waals surface area (Å²) >= 11 is 7.17. The minimum absolute atomic E-state index is 0.0155. The van der Waals surface area contributed by atoms with Crippen LogP contribution >= 0.6 is 31.9 Å². The van der Waals surface area contributed by atoms with Gasteiger partial charge in [-0.3, -0.25) is 14.6 Å². The molecular formula is C19H24Br2N2O4. The molecule has 0 bridgehead atoms. The normalized spacial score (nSPS) is 23.6. The molecule has 0 amide bonds. The molecule has 8 heteroatoms. The predicted molar refractivity (Wildman–Crippen MR) is 112 cm³/mol. The van der Waals surface area contributed by atoms with E-state index in [0.717, 1.165) is 33.7 Å². The van der Waals surface area contributed by atoms with E-state index < -0.39 is 0 Å².